The van der Waals surface area contributed by atoms with Crippen LogP contribution in [0.25, 0.3) is 0 Å². The Bertz CT molecular complexity index is 1020. The molecule has 29 heavy (non-hydrogen) atoms. The molecule has 0 aliphatic carbocycles. The van der Waals surface area contributed by atoms with Crippen molar-refractivity contribution >= 4 is 35.7 Å². The first-order valence-corrected chi connectivity index (χ1v) is 12.9. The number of allylic oxidation sites excluding steroid dienone is 2. The summed E-state index contributed by atoms with van der Waals surface area (Å²) in [6, 6.07) is 19.0. The molecule has 0 fully saturated rings. The van der Waals surface area contributed by atoms with Crippen molar-refractivity contribution in [2.24, 2.45) is 5.10 Å². The third-order valence-electron chi connectivity index (χ3n) is 6.07. The van der Waals surface area contributed by atoms with Gasteiger partial charge in [0.1, 0.15) is 0 Å². The number of fused-ring (bicyclic) bond motifs is 1. The minimum atomic E-state index is -2.30. The van der Waals surface area contributed by atoms with Crippen LogP contribution >= 0.6 is 6.34 Å². The molecule has 2 heterocycles. The summed E-state index contributed by atoms with van der Waals surface area (Å²) in [5.74, 6) is 0. The van der Waals surface area contributed by atoms with Gasteiger partial charge in [-0.15, -0.1) is 0 Å². The van der Waals surface area contributed by atoms with Gasteiger partial charge in [-0.1, -0.05) is 75.9 Å². The number of anilines is 2. The molecule has 2 aliphatic heterocycles. The maximum absolute atomic E-state index is 6.57. The summed E-state index contributed by atoms with van der Waals surface area (Å²) in [7, 11) is 2.16. The lowest BCUT2D eigenvalue weighted by Gasteiger charge is -2.39. The average molecular weight is 425 g/mol. The molecule has 0 bridgehead atoms. The number of para-hydroxylation sites is 2. The van der Waals surface area contributed by atoms with E-state index >= 15 is 0 Å². The van der Waals surface area contributed by atoms with Crippen molar-refractivity contribution in [2.45, 2.75) is 33.1 Å². The molecule has 2 aliphatic rings. The first kappa shape index (κ1) is 20.3. The molecule has 2 aromatic carbocycles. The monoisotopic (exact) mass is 424 g/mol. The molecule has 4 nitrogen and oxygen atoms in total. The van der Waals surface area contributed by atoms with Crippen LogP contribution in [0.3, 0.4) is 0 Å². The van der Waals surface area contributed by atoms with E-state index in [9.17, 15) is 0 Å². The average Bonchev–Trinajstić information content (AvgIpc) is 3.16. The van der Waals surface area contributed by atoms with E-state index in [1.54, 1.807) is 0 Å². The molecule has 4 rings (SSSR count). The topological polar surface area (TPSA) is 22.1 Å². The van der Waals surface area contributed by atoms with E-state index in [1.807, 2.05) is 12.3 Å². The third kappa shape index (κ3) is 2.91. The van der Waals surface area contributed by atoms with E-state index < -0.39 is 6.34 Å². The molecule has 1 atom stereocenters. The van der Waals surface area contributed by atoms with Gasteiger partial charge in [0.2, 0.25) is 0 Å². The second-order valence-corrected chi connectivity index (χ2v) is 12.0. The molecule has 0 unspecified atom stereocenters. The maximum Gasteiger partial charge on any atom is 0.154 e. The lowest BCUT2D eigenvalue weighted by Crippen LogP contribution is -2.31. The Labute approximate surface area is 179 Å². The van der Waals surface area contributed by atoms with E-state index in [0.29, 0.717) is 0 Å². The number of likely N-dealkylation sites (N-methyl/N-ethyl adjacent to an activating group) is 1. The van der Waals surface area contributed by atoms with Crippen LogP contribution in [-0.2, 0) is 17.2 Å². The van der Waals surface area contributed by atoms with Crippen LogP contribution in [0.1, 0.15) is 33.3 Å². The van der Waals surface area contributed by atoms with Gasteiger partial charge >= 0.3 is 0 Å². The van der Waals surface area contributed by atoms with Crippen LogP contribution in [0.4, 0.5) is 11.4 Å². The molecule has 6 heteroatoms. The Morgan fingerprint density at radius 1 is 1.00 bits per heavy atom. The van der Waals surface area contributed by atoms with E-state index in [0.717, 1.165) is 18.8 Å². The Kier molecular flexibility index (Phi) is 5.18. The molecule has 2 aromatic rings. The summed E-state index contributed by atoms with van der Waals surface area (Å²) in [5, 5.41) is 6.09. The minimum absolute atomic E-state index is 0.128. The van der Waals surface area contributed by atoms with E-state index in [2.05, 4.69) is 97.6 Å². The fourth-order valence-corrected chi connectivity index (χ4v) is 9.24. The van der Waals surface area contributed by atoms with Crippen molar-refractivity contribution in [1.29, 1.82) is 0 Å². The predicted molar refractivity (Wildman–Crippen MR) is 130 cm³/mol. The Balaban J connectivity index is 1.96. The molecule has 0 saturated heterocycles. The lowest BCUT2D eigenvalue weighted by molar-refractivity contribution is 0.506. The molecule has 0 aromatic heterocycles. The third-order valence-corrected chi connectivity index (χ3v) is 11.0. The van der Waals surface area contributed by atoms with Gasteiger partial charge in [-0.3, -0.25) is 4.67 Å². The van der Waals surface area contributed by atoms with Gasteiger partial charge in [-0.2, -0.15) is 5.10 Å². The zero-order valence-corrected chi connectivity index (χ0v) is 19.5. The van der Waals surface area contributed by atoms with E-state index in [1.165, 1.54) is 22.3 Å². The number of nitrogens with zero attached hydrogens (tertiary/aromatic N) is 4. The quantitative estimate of drug-likeness (QED) is 0.580. The fourth-order valence-electron chi connectivity index (χ4n) is 4.67. The summed E-state index contributed by atoms with van der Waals surface area (Å²) in [6.45, 7) is 10.8. The molecule has 0 spiro atoms. The highest BCUT2D eigenvalue weighted by molar-refractivity contribution is 8.16. The molecule has 0 radical (unpaired) electrons. The highest BCUT2D eigenvalue weighted by atomic mass is 32.4. The van der Waals surface area contributed by atoms with Crippen molar-refractivity contribution in [3.63, 3.8) is 0 Å². The first-order chi connectivity index (χ1) is 13.9. The van der Waals surface area contributed by atoms with Crippen molar-refractivity contribution in [3.05, 3.63) is 71.2 Å². The van der Waals surface area contributed by atoms with Crippen LogP contribution in [-0.4, -0.2) is 31.0 Å². The number of rotatable bonds is 4. The second kappa shape index (κ2) is 7.39. The van der Waals surface area contributed by atoms with Crippen molar-refractivity contribution in [1.82, 2.24) is 4.67 Å². The van der Waals surface area contributed by atoms with Crippen LogP contribution in [0.2, 0.25) is 0 Å². The van der Waals surface area contributed by atoms with Gasteiger partial charge in [-0.25, -0.2) is 4.78 Å². The predicted octanol–water partition coefficient (Wildman–Crippen LogP) is 5.78. The fraction of sp³-hybridized carbons (Fsp3) is 0.348. The van der Waals surface area contributed by atoms with Gasteiger partial charge in [0.25, 0.3) is 0 Å². The van der Waals surface area contributed by atoms with Crippen molar-refractivity contribution in [2.75, 3.05) is 29.8 Å². The number of benzene rings is 2. The highest BCUT2D eigenvalue weighted by Gasteiger charge is 2.47. The van der Waals surface area contributed by atoms with Gasteiger partial charge < -0.3 is 4.90 Å². The zero-order valence-electron chi connectivity index (χ0n) is 17.8. The number of hydrazone groups is 1. The summed E-state index contributed by atoms with van der Waals surface area (Å²) in [4.78, 5) is 2.33. The second-order valence-electron chi connectivity index (χ2n) is 7.99. The summed E-state index contributed by atoms with van der Waals surface area (Å²) >= 11 is 6.57. The molecule has 152 valence electrons. The number of hydrogen-bond donors (Lipinski definition) is 0. The standard InChI is InChI=1S/C23H29N4PS/c1-6-26(7-2)28(29)21(17-24-27(28)18-13-9-8-10-14-18)22-23(3,4)19-15-11-12-16-20(19)25(22)5/h8-17H,6-7H2,1-5H3/b22-21+/t28-/m0/s1. The number of hydrogen-bond acceptors (Lipinski definition) is 3. The molecule has 0 N–H and O–H groups in total. The van der Waals surface area contributed by atoms with E-state index in [-0.39, 0.29) is 5.41 Å². The normalized spacial score (nSPS) is 25.2. The van der Waals surface area contributed by atoms with Gasteiger partial charge in [0.05, 0.1) is 17.2 Å². The lowest BCUT2D eigenvalue weighted by atomic mass is 9.84. The maximum atomic E-state index is 6.57. The summed E-state index contributed by atoms with van der Waals surface area (Å²) in [5.41, 5.74) is 4.81. The Morgan fingerprint density at radius 3 is 2.24 bits per heavy atom. The van der Waals surface area contributed by atoms with Gasteiger partial charge in [-0.05, 0) is 23.8 Å². The molecule has 0 amide bonds. The van der Waals surface area contributed by atoms with Crippen LogP contribution < -0.4 is 9.68 Å². The van der Waals surface area contributed by atoms with Gasteiger partial charge in [0.15, 0.2) is 6.34 Å². The van der Waals surface area contributed by atoms with Crippen LogP contribution in [0, 0.1) is 0 Å². The van der Waals surface area contributed by atoms with Crippen molar-refractivity contribution < 1.29 is 0 Å². The van der Waals surface area contributed by atoms with Crippen LogP contribution in [0.15, 0.2) is 70.7 Å². The summed E-state index contributed by atoms with van der Waals surface area (Å²) < 4.78 is 4.54. The molecule has 0 saturated carbocycles. The zero-order chi connectivity index (χ0) is 20.8. The van der Waals surface area contributed by atoms with Crippen LogP contribution in [0.5, 0.6) is 0 Å². The Morgan fingerprint density at radius 2 is 1.62 bits per heavy atom. The highest BCUT2D eigenvalue weighted by Crippen LogP contribution is 2.67. The largest absolute Gasteiger partial charge is 0.346 e. The SMILES string of the molecule is CCN(CC)[P@@]1(=S)/C(=C2/N(C)c3ccccc3C2(C)C)C=NN1c1ccccc1. The summed E-state index contributed by atoms with van der Waals surface area (Å²) in [6.07, 6.45) is -0.268. The van der Waals surface area contributed by atoms with Gasteiger partial charge in [0, 0.05) is 36.9 Å². The first-order valence-electron chi connectivity index (χ1n) is 10.2. The van der Waals surface area contributed by atoms with Crippen molar-refractivity contribution in [3.8, 4) is 0 Å². The van der Waals surface area contributed by atoms with E-state index in [4.69, 9.17) is 16.9 Å². The Hall–Kier alpha value is -1.94. The smallest absolute Gasteiger partial charge is 0.154 e. The molecular weight excluding hydrogens is 395 g/mol. The molecular formula is C23H29N4PS. The minimum Gasteiger partial charge on any atom is -0.346 e.